The van der Waals surface area contributed by atoms with Gasteiger partial charge >= 0.3 is 0 Å². The number of carbonyl (C=O) groups is 1. The molecule has 1 amide bonds. The molecule has 1 fully saturated rings. The standard InChI is InChI=1S/C18H19NO4S/c20-18(16-11-15(16)17-6-3-9-23-17)19-24(21,22)14-8-7-12-4-1-2-5-13(12)10-14/h3,6-10,15-16H,1-2,4-5,11H2,(H,19,20)/t15-,16+/m1/s1. The Morgan fingerprint density at radius 1 is 1.12 bits per heavy atom. The molecule has 0 bridgehead atoms. The van der Waals surface area contributed by atoms with Crippen LogP contribution in [0.25, 0.3) is 0 Å². The topological polar surface area (TPSA) is 76.4 Å². The highest BCUT2D eigenvalue weighted by atomic mass is 32.2. The second-order valence-corrected chi connectivity index (χ2v) is 8.25. The molecule has 1 N–H and O–H groups in total. The highest BCUT2D eigenvalue weighted by Crippen LogP contribution is 2.47. The van der Waals surface area contributed by atoms with E-state index >= 15 is 0 Å². The first-order chi connectivity index (χ1) is 11.5. The summed E-state index contributed by atoms with van der Waals surface area (Å²) in [5.41, 5.74) is 2.29. The van der Waals surface area contributed by atoms with Crippen LogP contribution < -0.4 is 4.72 Å². The van der Waals surface area contributed by atoms with Crippen molar-refractivity contribution < 1.29 is 17.6 Å². The smallest absolute Gasteiger partial charge is 0.264 e. The number of furan rings is 1. The molecule has 2 aromatic rings. The third-order valence-electron chi connectivity index (χ3n) is 4.90. The average molecular weight is 345 g/mol. The Labute approximate surface area is 141 Å². The Bertz CT molecular complexity index is 870. The van der Waals surface area contributed by atoms with Gasteiger partial charge in [0.25, 0.3) is 10.0 Å². The number of benzene rings is 1. The largest absolute Gasteiger partial charge is 0.469 e. The number of rotatable bonds is 4. The summed E-state index contributed by atoms with van der Waals surface area (Å²) >= 11 is 0. The second-order valence-electron chi connectivity index (χ2n) is 6.57. The summed E-state index contributed by atoms with van der Waals surface area (Å²) in [6, 6.07) is 8.76. The zero-order valence-electron chi connectivity index (χ0n) is 13.2. The van der Waals surface area contributed by atoms with Crippen LogP contribution in [-0.4, -0.2) is 14.3 Å². The lowest BCUT2D eigenvalue weighted by atomic mass is 9.92. The van der Waals surface area contributed by atoms with Crippen molar-refractivity contribution in [1.29, 1.82) is 0 Å². The fourth-order valence-electron chi connectivity index (χ4n) is 3.45. The monoisotopic (exact) mass is 345 g/mol. The first-order valence-electron chi connectivity index (χ1n) is 8.26. The van der Waals surface area contributed by atoms with E-state index in [0.29, 0.717) is 6.42 Å². The van der Waals surface area contributed by atoms with Crippen LogP contribution in [-0.2, 0) is 27.7 Å². The number of nitrogens with one attached hydrogen (secondary N) is 1. The van der Waals surface area contributed by atoms with Crippen LogP contribution in [0.2, 0.25) is 0 Å². The van der Waals surface area contributed by atoms with Gasteiger partial charge in [-0.05, 0) is 67.5 Å². The number of aryl methyl sites for hydroxylation is 2. The molecule has 6 heteroatoms. The summed E-state index contributed by atoms with van der Waals surface area (Å²) in [6.45, 7) is 0. The van der Waals surface area contributed by atoms with E-state index < -0.39 is 15.9 Å². The van der Waals surface area contributed by atoms with E-state index in [1.165, 1.54) is 5.56 Å². The molecular formula is C18H19NO4S. The molecule has 126 valence electrons. The lowest BCUT2D eigenvalue weighted by molar-refractivity contribution is -0.120. The van der Waals surface area contributed by atoms with Crippen LogP contribution in [0.15, 0.2) is 45.9 Å². The molecule has 24 heavy (non-hydrogen) atoms. The first-order valence-corrected chi connectivity index (χ1v) is 9.75. The Morgan fingerprint density at radius 2 is 1.92 bits per heavy atom. The summed E-state index contributed by atoms with van der Waals surface area (Å²) in [7, 11) is -3.82. The zero-order chi connectivity index (χ0) is 16.7. The van der Waals surface area contributed by atoms with Crippen molar-refractivity contribution in [3.63, 3.8) is 0 Å². The van der Waals surface area contributed by atoms with Crippen molar-refractivity contribution in [2.45, 2.75) is 42.9 Å². The van der Waals surface area contributed by atoms with Gasteiger partial charge in [-0.25, -0.2) is 13.1 Å². The lowest BCUT2D eigenvalue weighted by Gasteiger charge is -2.16. The van der Waals surface area contributed by atoms with Crippen LogP contribution in [0.4, 0.5) is 0 Å². The Kier molecular flexibility index (Phi) is 3.72. The lowest BCUT2D eigenvalue weighted by Crippen LogP contribution is -2.32. The van der Waals surface area contributed by atoms with Crippen molar-refractivity contribution in [2.75, 3.05) is 0 Å². The molecular weight excluding hydrogens is 326 g/mol. The molecule has 1 saturated carbocycles. The van der Waals surface area contributed by atoms with Crippen molar-refractivity contribution in [2.24, 2.45) is 5.92 Å². The molecule has 0 aliphatic heterocycles. The van der Waals surface area contributed by atoms with E-state index in [2.05, 4.69) is 4.72 Å². The summed E-state index contributed by atoms with van der Waals surface area (Å²) in [6.07, 6.45) is 6.30. The number of amides is 1. The van der Waals surface area contributed by atoms with Crippen LogP contribution in [0, 0.1) is 5.92 Å². The average Bonchev–Trinajstić information content (AvgIpc) is 3.20. The summed E-state index contributed by atoms with van der Waals surface area (Å²) in [4.78, 5) is 12.4. The minimum atomic E-state index is -3.82. The predicted octanol–water partition coefficient (Wildman–Crippen LogP) is 2.77. The van der Waals surface area contributed by atoms with E-state index in [0.717, 1.165) is 37.0 Å². The second kappa shape index (κ2) is 5.77. The molecule has 2 aliphatic carbocycles. The number of hydrogen-bond acceptors (Lipinski definition) is 4. The van der Waals surface area contributed by atoms with Crippen LogP contribution in [0.1, 0.15) is 42.1 Å². The quantitative estimate of drug-likeness (QED) is 0.924. The Morgan fingerprint density at radius 3 is 2.67 bits per heavy atom. The SMILES string of the molecule is O=C(NS(=O)(=O)c1ccc2c(c1)CCCC2)[C@H]1C[C@H]1c1ccco1. The summed E-state index contributed by atoms with van der Waals surface area (Å²) in [5, 5.41) is 0. The van der Waals surface area contributed by atoms with Crippen molar-refractivity contribution in [3.8, 4) is 0 Å². The van der Waals surface area contributed by atoms with Crippen LogP contribution in [0.5, 0.6) is 0 Å². The number of fused-ring (bicyclic) bond motifs is 1. The van der Waals surface area contributed by atoms with E-state index in [1.807, 2.05) is 12.1 Å². The molecule has 1 aromatic heterocycles. The zero-order valence-corrected chi connectivity index (χ0v) is 14.0. The molecule has 0 unspecified atom stereocenters. The van der Waals surface area contributed by atoms with Gasteiger partial charge in [0, 0.05) is 11.8 Å². The first kappa shape index (κ1) is 15.4. The highest BCUT2D eigenvalue weighted by molar-refractivity contribution is 7.90. The maximum atomic E-state index is 12.5. The van der Waals surface area contributed by atoms with Crippen molar-refractivity contribution >= 4 is 15.9 Å². The third kappa shape index (κ3) is 2.86. The molecule has 2 atom stereocenters. The third-order valence-corrected chi connectivity index (χ3v) is 6.25. The van der Waals surface area contributed by atoms with Gasteiger partial charge in [0.2, 0.25) is 5.91 Å². The van der Waals surface area contributed by atoms with E-state index in [1.54, 1.807) is 24.5 Å². The van der Waals surface area contributed by atoms with E-state index in [4.69, 9.17) is 4.42 Å². The molecule has 1 aromatic carbocycles. The van der Waals surface area contributed by atoms with Gasteiger partial charge in [-0.1, -0.05) is 6.07 Å². The molecule has 5 nitrogen and oxygen atoms in total. The number of sulfonamides is 1. The van der Waals surface area contributed by atoms with Gasteiger partial charge in [-0.15, -0.1) is 0 Å². The molecule has 1 heterocycles. The van der Waals surface area contributed by atoms with Crippen LogP contribution in [0.3, 0.4) is 0 Å². The van der Waals surface area contributed by atoms with Gasteiger partial charge in [0.05, 0.1) is 11.2 Å². The van der Waals surface area contributed by atoms with Gasteiger partial charge in [0.15, 0.2) is 0 Å². The maximum Gasteiger partial charge on any atom is 0.264 e. The molecule has 2 aliphatic rings. The highest BCUT2D eigenvalue weighted by Gasteiger charge is 2.47. The minimum Gasteiger partial charge on any atom is -0.469 e. The van der Waals surface area contributed by atoms with E-state index in [9.17, 15) is 13.2 Å². The number of hydrogen-bond donors (Lipinski definition) is 1. The number of carbonyl (C=O) groups excluding carboxylic acids is 1. The minimum absolute atomic E-state index is 0.0151. The Hall–Kier alpha value is -2.08. The fourth-order valence-corrected chi connectivity index (χ4v) is 4.52. The van der Waals surface area contributed by atoms with Crippen molar-refractivity contribution in [3.05, 3.63) is 53.5 Å². The van der Waals surface area contributed by atoms with Crippen molar-refractivity contribution in [1.82, 2.24) is 4.72 Å². The maximum absolute atomic E-state index is 12.5. The fraction of sp³-hybridized carbons (Fsp3) is 0.389. The molecule has 0 radical (unpaired) electrons. The van der Waals surface area contributed by atoms with Gasteiger partial charge in [0.1, 0.15) is 5.76 Å². The molecule has 0 spiro atoms. The van der Waals surface area contributed by atoms with Crippen LogP contribution >= 0.6 is 0 Å². The predicted molar refractivity (Wildman–Crippen MR) is 88.0 cm³/mol. The van der Waals surface area contributed by atoms with Gasteiger partial charge in [-0.3, -0.25) is 4.79 Å². The summed E-state index contributed by atoms with van der Waals surface area (Å²) < 4.78 is 32.5. The van der Waals surface area contributed by atoms with E-state index in [-0.39, 0.29) is 16.7 Å². The molecule has 0 saturated heterocycles. The summed E-state index contributed by atoms with van der Waals surface area (Å²) in [5.74, 6) is -0.0577. The Balaban J connectivity index is 1.48. The van der Waals surface area contributed by atoms with Gasteiger partial charge in [-0.2, -0.15) is 0 Å². The molecule has 4 rings (SSSR count). The normalized spacial score (nSPS) is 22.7. The van der Waals surface area contributed by atoms with Gasteiger partial charge < -0.3 is 4.42 Å².